The number of nitrogens with one attached hydrogen (secondary N) is 1. The standard InChI is InChI=1S/C20H23ClN2O5S/c1-23-12-10-20(11-13-23,19(24)22-25)29(26,27)14-15-2-6-17(7-3-15)28-18-8-4-16(21)5-9-18/h2-9,25H,10-14H2,1H3,(H,22,24). The van der Waals surface area contributed by atoms with Crippen LogP contribution in [0.1, 0.15) is 18.4 Å². The van der Waals surface area contributed by atoms with Gasteiger partial charge in [0.15, 0.2) is 14.6 Å². The minimum Gasteiger partial charge on any atom is -0.457 e. The summed E-state index contributed by atoms with van der Waals surface area (Å²) in [5.41, 5.74) is 2.10. The number of ether oxygens (including phenoxy) is 1. The van der Waals surface area contributed by atoms with Crippen molar-refractivity contribution in [3.05, 3.63) is 59.1 Å². The zero-order valence-electron chi connectivity index (χ0n) is 16.0. The number of carbonyl (C=O) groups is 1. The maximum absolute atomic E-state index is 13.2. The van der Waals surface area contributed by atoms with Gasteiger partial charge in [0.25, 0.3) is 5.91 Å². The smallest absolute Gasteiger partial charge is 0.264 e. The van der Waals surface area contributed by atoms with Crippen molar-refractivity contribution in [3.8, 4) is 11.5 Å². The van der Waals surface area contributed by atoms with Crippen LogP contribution in [0, 0.1) is 0 Å². The molecule has 2 aromatic rings. The topological polar surface area (TPSA) is 95.9 Å². The molecule has 1 fully saturated rings. The Morgan fingerprint density at radius 3 is 2.14 bits per heavy atom. The predicted octanol–water partition coefficient (Wildman–Crippen LogP) is 3.02. The lowest BCUT2D eigenvalue weighted by molar-refractivity contribution is -0.133. The summed E-state index contributed by atoms with van der Waals surface area (Å²) < 4.78 is 30.4. The second kappa shape index (κ2) is 8.71. The third-order valence-electron chi connectivity index (χ3n) is 5.23. The highest BCUT2D eigenvalue weighted by Gasteiger charge is 2.51. The van der Waals surface area contributed by atoms with Gasteiger partial charge < -0.3 is 9.64 Å². The third-order valence-corrected chi connectivity index (χ3v) is 7.98. The summed E-state index contributed by atoms with van der Waals surface area (Å²) in [7, 11) is -2.00. The molecule has 0 aliphatic carbocycles. The first-order chi connectivity index (χ1) is 13.8. The second-order valence-electron chi connectivity index (χ2n) is 7.20. The Labute approximate surface area is 175 Å². The fraction of sp³-hybridized carbons (Fsp3) is 0.350. The summed E-state index contributed by atoms with van der Waals surface area (Å²) in [6, 6.07) is 13.6. The summed E-state index contributed by atoms with van der Waals surface area (Å²) in [4.78, 5) is 14.3. The van der Waals surface area contributed by atoms with Gasteiger partial charge in [-0.15, -0.1) is 0 Å². The average Bonchev–Trinajstić information content (AvgIpc) is 2.71. The Hall–Kier alpha value is -2.13. The first kappa shape index (κ1) is 21.6. The van der Waals surface area contributed by atoms with E-state index in [1.54, 1.807) is 54.0 Å². The number of amides is 1. The van der Waals surface area contributed by atoms with Gasteiger partial charge in [0.2, 0.25) is 0 Å². The fourth-order valence-electron chi connectivity index (χ4n) is 3.41. The van der Waals surface area contributed by atoms with Gasteiger partial charge in [0.1, 0.15) is 11.5 Å². The van der Waals surface area contributed by atoms with E-state index in [-0.39, 0.29) is 18.6 Å². The number of halogens is 1. The number of nitrogens with zero attached hydrogens (tertiary/aromatic N) is 1. The summed E-state index contributed by atoms with van der Waals surface area (Å²) in [6.45, 7) is 0.918. The van der Waals surface area contributed by atoms with Crippen molar-refractivity contribution in [2.45, 2.75) is 23.3 Å². The molecule has 156 valence electrons. The van der Waals surface area contributed by atoms with Gasteiger partial charge in [-0.2, -0.15) is 0 Å². The number of piperidine rings is 1. The maximum atomic E-state index is 13.2. The van der Waals surface area contributed by atoms with Crippen molar-refractivity contribution in [3.63, 3.8) is 0 Å². The van der Waals surface area contributed by atoms with E-state index < -0.39 is 20.5 Å². The molecule has 3 rings (SSSR count). The molecule has 9 heteroatoms. The van der Waals surface area contributed by atoms with Crippen molar-refractivity contribution in [1.29, 1.82) is 0 Å². The van der Waals surface area contributed by atoms with Crippen LogP contribution >= 0.6 is 11.6 Å². The number of benzene rings is 2. The number of sulfone groups is 1. The number of hydroxylamine groups is 1. The zero-order chi connectivity index (χ0) is 21.1. The molecule has 0 radical (unpaired) electrons. The van der Waals surface area contributed by atoms with Crippen LogP contribution in [0.2, 0.25) is 5.02 Å². The van der Waals surface area contributed by atoms with Gasteiger partial charge in [-0.05, 0) is 74.9 Å². The van der Waals surface area contributed by atoms with Crippen molar-refractivity contribution in [2.75, 3.05) is 20.1 Å². The SMILES string of the molecule is CN1CCC(C(=O)NO)(S(=O)(=O)Cc2ccc(Oc3ccc(Cl)cc3)cc2)CC1. The molecule has 29 heavy (non-hydrogen) atoms. The molecule has 1 saturated heterocycles. The van der Waals surface area contributed by atoms with E-state index in [1.807, 2.05) is 11.9 Å². The van der Waals surface area contributed by atoms with Crippen LogP contribution in [0.3, 0.4) is 0 Å². The maximum Gasteiger partial charge on any atom is 0.264 e. The van der Waals surface area contributed by atoms with Crippen LogP contribution in [-0.4, -0.2) is 49.3 Å². The number of rotatable bonds is 6. The van der Waals surface area contributed by atoms with Gasteiger partial charge in [-0.25, -0.2) is 13.9 Å². The first-order valence-electron chi connectivity index (χ1n) is 9.13. The van der Waals surface area contributed by atoms with E-state index in [2.05, 4.69) is 0 Å². The molecule has 0 saturated carbocycles. The van der Waals surface area contributed by atoms with Crippen molar-refractivity contribution >= 4 is 27.3 Å². The van der Waals surface area contributed by atoms with Gasteiger partial charge >= 0.3 is 0 Å². The van der Waals surface area contributed by atoms with E-state index in [1.165, 1.54) is 0 Å². The predicted molar refractivity (Wildman–Crippen MR) is 110 cm³/mol. The lowest BCUT2D eigenvalue weighted by Crippen LogP contribution is -2.57. The molecule has 1 heterocycles. The Morgan fingerprint density at radius 1 is 1.10 bits per heavy atom. The van der Waals surface area contributed by atoms with Gasteiger partial charge in [-0.3, -0.25) is 10.0 Å². The minimum absolute atomic E-state index is 0.135. The highest BCUT2D eigenvalue weighted by atomic mass is 35.5. The molecule has 1 amide bonds. The summed E-state index contributed by atoms with van der Waals surface area (Å²) in [5.74, 6) is -0.00530. The number of likely N-dealkylation sites (tertiary alicyclic amines) is 1. The highest BCUT2D eigenvalue weighted by molar-refractivity contribution is 7.92. The minimum atomic E-state index is -3.86. The first-order valence-corrected chi connectivity index (χ1v) is 11.2. The summed E-state index contributed by atoms with van der Waals surface area (Å²) in [6.07, 6.45) is 0.270. The van der Waals surface area contributed by atoms with Crippen LogP contribution in [0.15, 0.2) is 48.5 Å². The van der Waals surface area contributed by atoms with Crippen molar-refractivity contribution in [1.82, 2.24) is 10.4 Å². The van der Waals surface area contributed by atoms with E-state index in [0.29, 0.717) is 35.2 Å². The summed E-state index contributed by atoms with van der Waals surface area (Å²) >= 11 is 5.85. The van der Waals surface area contributed by atoms with E-state index >= 15 is 0 Å². The van der Waals surface area contributed by atoms with E-state index in [9.17, 15) is 13.2 Å². The molecule has 0 aromatic heterocycles. The van der Waals surface area contributed by atoms with Crippen LogP contribution in [0.25, 0.3) is 0 Å². The largest absolute Gasteiger partial charge is 0.457 e. The average molecular weight is 439 g/mol. The molecule has 1 aliphatic rings. The van der Waals surface area contributed by atoms with Crippen molar-refractivity contribution < 1.29 is 23.2 Å². The molecule has 2 aromatic carbocycles. The van der Waals surface area contributed by atoms with Crippen LogP contribution < -0.4 is 10.2 Å². The molecule has 0 spiro atoms. The van der Waals surface area contributed by atoms with Gasteiger partial charge in [-0.1, -0.05) is 23.7 Å². The monoisotopic (exact) mass is 438 g/mol. The molecular formula is C20H23ClN2O5S. The van der Waals surface area contributed by atoms with E-state index in [0.717, 1.165) is 0 Å². The lowest BCUT2D eigenvalue weighted by Gasteiger charge is -2.38. The van der Waals surface area contributed by atoms with Gasteiger partial charge in [0, 0.05) is 5.02 Å². The Morgan fingerprint density at radius 2 is 1.62 bits per heavy atom. The number of hydrogen-bond donors (Lipinski definition) is 2. The number of carbonyl (C=O) groups excluding carboxylic acids is 1. The normalized spacial score (nSPS) is 16.9. The third kappa shape index (κ3) is 4.72. The molecule has 0 unspecified atom stereocenters. The molecular weight excluding hydrogens is 416 g/mol. The lowest BCUT2D eigenvalue weighted by atomic mass is 9.95. The quantitative estimate of drug-likeness (QED) is 0.531. The molecule has 2 N–H and O–H groups in total. The fourth-order valence-corrected chi connectivity index (χ4v) is 5.58. The molecule has 0 bridgehead atoms. The zero-order valence-corrected chi connectivity index (χ0v) is 17.5. The van der Waals surface area contributed by atoms with Crippen LogP contribution in [-0.2, 0) is 20.4 Å². The highest BCUT2D eigenvalue weighted by Crippen LogP contribution is 2.34. The molecule has 0 atom stereocenters. The Kier molecular flexibility index (Phi) is 6.48. The van der Waals surface area contributed by atoms with Crippen LogP contribution in [0.5, 0.6) is 11.5 Å². The van der Waals surface area contributed by atoms with Crippen molar-refractivity contribution in [2.24, 2.45) is 0 Å². The Bertz CT molecular complexity index is 953. The van der Waals surface area contributed by atoms with E-state index in [4.69, 9.17) is 21.5 Å². The number of hydrogen-bond acceptors (Lipinski definition) is 6. The van der Waals surface area contributed by atoms with Crippen LogP contribution in [0.4, 0.5) is 0 Å². The Balaban J connectivity index is 1.76. The van der Waals surface area contributed by atoms with Gasteiger partial charge in [0.05, 0.1) is 5.75 Å². The molecule has 1 aliphatic heterocycles. The second-order valence-corrected chi connectivity index (χ2v) is 9.93. The molecule has 7 nitrogen and oxygen atoms in total. The summed E-state index contributed by atoms with van der Waals surface area (Å²) in [5, 5.41) is 9.74.